The molecular formula is C23H30O6. The molecule has 6 heteroatoms. The van der Waals surface area contributed by atoms with Crippen LogP contribution in [0.4, 0.5) is 0 Å². The molecule has 29 heavy (non-hydrogen) atoms. The monoisotopic (exact) mass is 402 g/mol. The first-order valence-electron chi connectivity index (χ1n) is 9.99. The molecule has 0 saturated carbocycles. The van der Waals surface area contributed by atoms with Crippen molar-refractivity contribution >= 4 is 11.9 Å². The number of methoxy groups -OCH3 is 1. The van der Waals surface area contributed by atoms with Crippen LogP contribution >= 0.6 is 0 Å². The van der Waals surface area contributed by atoms with Gasteiger partial charge in [0.1, 0.15) is 0 Å². The maximum Gasteiger partial charge on any atom is 0.308 e. The van der Waals surface area contributed by atoms with Crippen LogP contribution in [0.5, 0.6) is 11.5 Å². The van der Waals surface area contributed by atoms with E-state index in [0.29, 0.717) is 24.7 Å². The van der Waals surface area contributed by atoms with Crippen LogP contribution in [0.1, 0.15) is 46.3 Å². The number of benzene rings is 1. The summed E-state index contributed by atoms with van der Waals surface area (Å²) in [6, 6.07) is 5.54. The molecule has 2 bridgehead atoms. The number of hydrogen-bond acceptors (Lipinski definition) is 6. The number of hydrogen-bond donors (Lipinski definition) is 0. The van der Waals surface area contributed by atoms with Crippen molar-refractivity contribution in [2.45, 2.75) is 40.7 Å². The van der Waals surface area contributed by atoms with Crippen molar-refractivity contribution in [3.8, 4) is 11.5 Å². The molecule has 5 atom stereocenters. The highest BCUT2D eigenvalue weighted by atomic mass is 16.6. The van der Waals surface area contributed by atoms with Crippen LogP contribution in [0.2, 0.25) is 0 Å². The number of allylic oxidation sites excluding steroid dienone is 1. The van der Waals surface area contributed by atoms with Crippen LogP contribution in [0, 0.1) is 23.2 Å². The fourth-order valence-corrected chi connectivity index (χ4v) is 4.89. The van der Waals surface area contributed by atoms with Crippen molar-refractivity contribution in [3.05, 3.63) is 35.4 Å². The molecule has 1 aliphatic heterocycles. The third-order valence-electron chi connectivity index (χ3n) is 6.56. The second kappa shape index (κ2) is 8.19. The maximum atomic E-state index is 11.5. The van der Waals surface area contributed by atoms with Gasteiger partial charge in [-0.15, -0.1) is 0 Å². The van der Waals surface area contributed by atoms with Crippen LogP contribution in [-0.4, -0.2) is 32.3 Å². The Morgan fingerprint density at radius 3 is 2.52 bits per heavy atom. The van der Waals surface area contributed by atoms with Crippen LogP contribution in [0.3, 0.4) is 0 Å². The lowest BCUT2D eigenvalue weighted by atomic mass is 9.56. The Morgan fingerprint density at radius 2 is 1.90 bits per heavy atom. The average Bonchev–Trinajstić information content (AvgIpc) is 2.65. The first-order chi connectivity index (χ1) is 13.7. The molecule has 1 saturated heterocycles. The Morgan fingerprint density at radius 1 is 1.17 bits per heavy atom. The van der Waals surface area contributed by atoms with Crippen molar-refractivity contribution in [3.63, 3.8) is 0 Å². The molecule has 1 aliphatic carbocycles. The molecule has 158 valence electrons. The first kappa shape index (κ1) is 21.4. The SMILES string of the molecule is COc1cc([C@H]2OC[C@]3(COC(C)=O)[C@H](C)C=C(C)[C@@H]2[C@@H]3C)ccc1OC(C)=O. The van der Waals surface area contributed by atoms with Gasteiger partial charge in [-0.05, 0) is 36.5 Å². The Balaban J connectivity index is 1.95. The molecule has 0 aromatic heterocycles. The molecule has 1 aromatic carbocycles. The molecule has 6 nitrogen and oxygen atoms in total. The predicted octanol–water partition coefficient (Wildman–Crippen LogP) is 4.09. The van der Waals surface area contributed by atoms with E-state index in [1.807, 2.05) is 12.1 Å². The standard InChI is InChI=1S/C23H30O6/c1-13-9-14(2)23(11-27-16(4)24)12-28-22(21(13)15(23)3)18-7-8-19(29-17(5)25)20(10-18)26-6/h7-10,14-15,21-22H,11-12H2,1-6H3/t14-,15+,21-,22-,23-/m1/s1. The molecule has 2 aliphatic rings. The van der Waals surface area contributed by atoms with Crippen molar-refractivity contribution in [2.75, 3.05) is 20.3 Å². The number of carbonyl (C=O) groups excluding carboxylic acids is 2. The van der Waals surface area contributed by atoms with E-state index in [1.54, 1.807) is 13.2 Å². The van der Waals surface area contributed by atoms with Crippen LogP contribution in [0.25, 0.3) is 0 Å². The van der Waals surface area contributed by atoms with Crippen molar-refractivity contribution < 1.29 is 28.5 Å². The number of carbonyl (C=O) groups is 2. The Kier molecular flexibility index (Phi) is 6.03. The van der Waals surface area contributed by atoms with Crippen LogP contribution in [0.15, 0.2) is 29.8 Å². The fraction of sp³-hybridized carbons (Fsp3) is 0.565. The van der Waals surface area contributed by atoms with E-state index in [9.17, 15) is 9.59 Å². The van der Waals surface area contributed by atoms with Gasteiger partial charge in [0.05, 0.1) is 26.4 Å². The summed E-state index contributed by atoms with van der Waals surface area (Å²) < 4.78 is 22.5. The zero-order valence-electron chi connectivity index (χ0n) is 18.0. The highest BCUT2D eigenvalue weighted by molar-refractivity contribution is 5.70. The quantitative estimate of drug-likeness (QED) is 0.420. The Hall–Kier alpha value is -2.34. The summed E-state index contributed by atoms with van der Waals surface area (Å²) in [4.78, 5) is 22.8. The summed E-state index contributed by atoms with van der Waals surface area (Å²) in [5.74, 6) is 0.885. The number of rotatable bonds is 5. The summed E-state index contributed by atoms with van der Waals surface area (Å²) in [7, 11) is 1.55. The van der Waals surface area contributed by atoms with Crippen molar-refractivity contribution in [1.29, 1.82) is 0 Å². The van der Waals surface area contributed by atoms with Gasteiger partial charge >= 0.3 is 11.9 Å². The highest BCUT2D eigenvalue weighted by Crippen LogP contribution is 2.56. The number of fused-ring (bicyclic) bond motifs is 2. The molecule has 1 fully saturated rings. The summed E-state index contributed by atoms with van der Waals surface area (Å²) >= 11 is 0. The second-order valence-electron chi connectivity index (χ2n) is 8.26. The third kappa shape index (κ3) is 3.90. The topological polar surface area (TPSA) is 71.1 Å². The van der Waals surface area contributed by atoms with Crippen molar-refractivity contribution in [2.24, 2.45) is 23.2 Å². The summed E-state index contributed by atoms with van der Waals surface area (Å²) in [5, 5.41) is 0. The van der Waals surface area contributed by atoms with Crippen molar-refractivity contribution in [1.82, 2.24) is 0 Å². The predicted molar refractivity (Wildman–Crippen MR) is 108 cm³/mol. The van der Waals surface area contributed by atoms with Gasteiger partial charge in [-0.25, -0.2) is 0 Å². The lowest BCUT2D eigenvalue weighted by Crippen LogP contribution is -2.54. The van der Waals surface area contributed by atoms with E-state index >= 15 is 0 Å². The lowest BCUT2D eigenvalue weighted by Gasteiger charge is -2.55. The van der Waals surface area contributed by atoms with Gasteiger partial charge in [-0.3, -0.25) is 9.59 Å². The molecule has 1 heterocycles. The minimum Gasteiger partial charge on any atom is -0.493 e. The summed E-state index contributed by atoms with van der Waals surface area (Å²) in [6.07, 6.45) is 2.13. The zero-order valence-corrected chi connectivity index (χ0v) is 18.0. The molecular weight excluding hydrogens is 372 g/mol. The normalized spacial score (nSPS) is 30.9. The lowest BCUT2D eigenvalue weighted by molar-refractivity contribution is -0.180. The van der Waals surface area contributed by atoms with Crippen LogP contribution < -0.4 is 9.47 Å². The van der Waals surface area contributed by atoms with Gasteiger partial charge in [0.15, 0.2) is 11.5 Å². The number of esters is 2. The maximum absolute atomic E-state index is 11.5. The van der Waals surface area contributed by atoms with E-state index < -0.39 is 5.97 Å². The highest BCUT2D eigenvalue weighted by Gasteiger charge is 2.54. The molecule has 0 spiro atoms. The summed E-state index contributed by atoms with van der Waals surface area (Å²) in [6.45, 7) is 10.2. The van der Waals surface area contributed by atoms with Gasteiger partial charge in [0, 0.05) is 25.2 Å². The zero-order chi connectivity index (χ0) is 21.3. The smallest absolute Gasteiger partial charge is 0.308 e. The van der Waals surface area contributed by atoms with E-state index in [2.05, 4.69) is 26.8 Å². The summed E-state index contributed by atoms with van der Waals surface area (Å²) in [5.41, 5.74) is 2.00. The molecule has 0 radical (unpaired) electrons. The van der Waals surface area contributed by atoms with E-state index in [-0.39, 0.29) is 35.2 Å². The van der Waals surface area contributed by atoms with Gasteiger partial charge in [-0.2, -0.15) is 0 Å². The second-order valence-corrected chi connectivity index (χ2v) is 8.26. The first-order valence-corrected chi connectivity index (χ1v) is 9.99. The molecule has 1 aromatic rings. The molecule has 0 amide bonds. The molecule has 3 rings (SSSR count). The minimum atomic E-state index is -0.395. The fourth-order valence-electron chi connectivity index (χ4n) is 4.89. The Bertz CT molecular complexity index is 829. The number of ether oxygens (including phenoxy) is 4. The van der Waals surface area contributed by atoms with E-state index in [0.717, 1.165) is 5.56 Å². The van der Waals surface area contributed by atoms with Gasteiger partial charge in [0.2, 0.25) is 0 Å². The average molecular weight is 402 g/mol. The molecule has 0 N–H and O–H groups in total. The Labute approximate surface area is 172 Å². The van der Waals surface area contributed by atoms with E-state index in [1.165, 1.54) is 19.4 Å². The van der Waals surface area contributed by atoms with Crippen LogP contribution in [-0.2, 0) is 19.1 Å². The third-order valence-corrected chi connectivity index (χ3v) is 6.56. The minimum absolute atomic E-state index is 0.153. The van der Waals surface area contributed by atoms with Gasteiger partial charge < -0.3 is 18.9 Å². The van der Waals surface area contributed by atoms with E-state index in [4.69, 9.17) is 18.9 Å². The molecule has 0 unspecified atom stereocenters. The van der Waals surface area contributed by atoms with Gasteiger partial charge in [0.25, 0.3) is 0 Å². The van der Waals surface area contributed by atoms with Gasteiger partial charge in [-0.1, -0.05) is 31.6 Å². The largest absolute Gasteiger partial charge is 0.493 e.